The predicted molar refractivity (Wildman–Crippen MR) is 71.8 cm³/mol. The van der Waals surface area contributed by atoms with Gasteiger partial charge in [-0.2, -0.15) is 0 Å². The lowest BCUT2D eigenvalue weighted by molar-refractivity contribution is -0.109. The van der Waals surface area contributed by atoms with Crippen LogP contribution in [0.1, 0.15) is 12.5 Å². The van der Waals surface area contributed by atoms with Crippen LogP contribution in [0, 0.1) is 0 Å². The van der Waals surface area contributed by atoms with Crippen LogP contribution in [0.3, 0.4) is 0 Å². The third-order valence-electron chi connectivity index (χ3n) is 2.05. The second kappa shape index (κ2) is 5.27. The molecule has 0 saturated carbocycles. The lowest BCUT2D eigenvalue weighted by Crippen LogP contribution is -1.81. The van der Waals surface area contributed by atoms with Gasteiger partial charge in [0.1, 0.15) is 0 Å². The standard InChI is InChI=1S/C12H11NOS2/c1-9(14)15-6-2-3-10-4-5-12-11(7-10)13-8-16-12/h2-5,7-8H,6H2,1H3. The van der Waals surface area contributed by atoms with E-state index in [-0.39, 0.29) is 5.12 Å². The van der Waals surface area contributed by atoms with Gasteiger partial charge in [0.05, 0.1) is 15.7 Å². The van der Waals surface area contributed by atoms with Gasteiger partial charge in [-0.3, -0.25) is 4.79 Å². The molecule has 0 bridgehead atoms. The smallest absolute Gasteiger partial charge is 0.186 e. The Labute approximate surface area is 102 Å². The summed E-state index contributed by atoms with van der Waals surface area (Å²) in [5.41, 5.74) is 4.01. The van der Waals surface area contributed by atoms with Gasteiger partial charge in [0, 0.05) is 12.7 Å². The number of carbonyl (C=O) groups excluding carboxylic acids is 1. The van der Waals surface area contributed by atoms with Gasteiger partial charge in [0.2, 0.25) is 0 Å². The molecule has 0 spiro atoms. The number of aromatic nitrogens is 1. The second-order valence-corrected chi connectivity index (χ2v) is 5.37. The number of hydrogen-bond donors (Lipinski definition) is 0. The maximum Gasteiger partial charge on any atom is 0.186 e. The molecule has 2 aromatic rings. The van der Waals surface area contributed by atoms with Crippen molar-refractivity contribution in [3.63, 3.8) is 0 Å². The van der Waals surface area contributed by atoms with Gasteiger partial charge in [0.15, 0.2) is 5.12 Å². The fourth-order valence-electron chi connectivity index (χ4n) is 1.33. The minimum absolute atomic E-state index is 0.152. The number of carbonyl (C=O) groups is 1. The fraction of sp³-hybridized carbons (Fsp3) is 0.167. The van der Waals surface area contributed by atoms with Crippen molar-refractivity contribution >= 4 is 44.5 Å². The maximum atomic E-state index is 10.7. The summed E-state index contributed by atoms with van der Waals surface area (Å²) < 4.78 is 1.20. The van der Waals surface area contributed by atoms with Gasteiger partial charge in [-0.25, -0.2) is 4.98 Å². The number of thiazole rings is 1. The molecule has 0 aliphatic heterocycles. The zero-order valence-electron chi connectivity index (χ0n) is 8.84. The Morgan fingerprint density at radius 1 is 1.56 bits per heavy atom. The molecule has 0 atom stereocenters. The van der Waals surface area contributed by atoms with Crippen molar-refractivity contribution in [2.45, 2.75) is 6.92 Å². The first-order chi connectivity index (χ1) is 7.75. The van der Waals surface area contributed by atoms with Crippen LogP contribution < -0.4 is 0 Å². The summed E-state index contributed by atoms with van der Waals surface area (Å²) in [5.74, 6) is 0.727. The predicted octanol–water partition coefficient (Wildman–Crippen LogP) is 3.59. The molecule has 0 unspecified atom stereocenters. The minimum atomic E-state index is 0.152. The van der Waals surface area contributed by atoms with Crippen LogP contribution in [0.5, 0.6) is 0 Å². The number of benzene rings is 1. The molecular weight excluding hydrogens is 238 g/mol. The monoisotopic (exact) mass is 249 g/mol. The van der Waals surface area contributed by atoms with E-state index in [1.807, 2.05) is 17.7 Å². The normalized spacial score (nSPS) is 11.3. The van der Waals surface area contributed by atoms with Crippen molar-refractivity contribution in [3.05, 3.63) is 35.3 Å². The highest BCUT2D eigenvalue weighted by molar-refractivity contribution is 8.13. The molecule has 1 aromatic carbocycles. The molecule has 1 aromatic heterocycles. The molecule has 2 rings (SSSR count). The summed E-state index contributed by atoms with van der Waals surface area (Å²) in [6.45, 7) is 1.58. The number of rotatable bonds is 3. The van der Waals surface area contributed by atoms with Crippen LogP contribution >= 0.6 is 23.1 Å². The zero-order valence-corrected chi connectivity index (χ0v) is 10.5. The van der Waals surface area contributed by atoms with E-state index >= 15 is 0 Å². The van der Waals surface area contributed by atoms with Gasteiger partial charge in [0.25, 0.3) is 0 Å². The summed E-state index contributed by atoms with van der Waals surface area (Å²) >= 11 is 2.96. The Morgan fingerprint density at radius 2 is 2.44 bits per heavy atom. The van der Waals surface area contributed by atoms with Gasteiger partial charge in [-0.1, -0.05) is 30.0 Å². The summed E-state index contributed by atoms with van der Waals surface area (Å²) in [5, 5.41) is 0.152. The Balaban J connectivity index is 2.06. The van der Waals surface area contributed by atoms with E-state index in [2.05, 4.69) is 23.2 Å². The quantitative estimate of drug-likeness (QED) is 0.832. The van der Waals surface area contributed by atoms with Crippen LogP contribution in [0.25, 0.3) is 16.3 Å². The Hall–Kier alpha value is -1.13. The highest BCUT2D eigenvalue weighted by atomic mass is 32.2. The molecule has 0 saturated heterocycles. The van der Waals surface area contributed by atoms with E-state index in [1.54, 1.807) is 18.3 Å². The first kappa shape index (κ1) is 11.4. The number of nitrogens with zero attached hydrogens (tertiary/aromatic N) is 1. The maximum absolute atomic E-state index is 10.7. The SMILES string of the molecule is CC(=O)SCC=Cc1ccc2scnc2c1. The number of fused-ring (bicyclic) bond motifs is 1. The first-order valence-electron chi connectivity index (χ1n) is 4.89. The van der Waals surface area contributed by atoms with Crippen molar-refractivity contribution in [1.82, 2.24) is 4.98 Å². The van der Waals surface area contributed by atoms with Crippen molar-refractivity contribution in [2.75, 3.05) is 5.75 Å². The highest BCUT2D eigenvalue weighted by Crippen LogP contribution is 2.19. The fourth-order valence-corrected chi connectivity index (χ4v) is 2.41. The molecule has 0 radical (unpaired) electrons. The van der Waals surface area contributed by atoms with Crippen LogP contribution in [0.15, 0.2) is 29.8 Å². The van der Waals surface area contributed by atoms with E-state index in [1.165, 1.54) is 16.5 Å². The second-order valence-electron chi connectivity index (χ2n) is 3.28. The molecule has 16 heavy (non-hydrogen) atoms. The third-order valence-corrected chi connectivity index (χ3v) is 3.62. The van der Waals surface area contributed by atoms with Gasteiger partial charge >= 0.3 is 0 Å². The lowest BCUT2D eigenvalue weighted by Gasteiger charge is -1.93. The summed E-state index contributed by atoms with van der Waals surface area (Å²) in [7, 11) is 0. The van der Waals surface area contributed by atoms with E-state index in [0.29, 0.717) is 0 Å². The van der Waals surface area contributed by atoms with E-state index < -0.39 is 0 Å². The van der Waals surface area contributed by atoms with Crippen molar-refractivity contribution in [3.8, 4) is 0 Å². The Morgan fingerprint density at radius 3 is 3.25 bits per heavy atom. The molecule has 0 N–H and O–H groups in total. The summed E-state index contributed by atoms with van der Waals surface area (Å²) in [6.07, 6.45) is 4.02. The Bertz CT molecular complexity index is 531. The summed E-state index contributed by atoms with van der Waals surface area (Å²) in [6, 6.07) is 6.20. The van der Waals surface area contributed by atoms with Gasteiger partial charge in [-0.15, -0.1) is 11.3 Å². The molecule has 0 fully saturated rings. The third kappa shape index (κ3) is 2.93. The molecule has 0 amide bonds. The molecule has 2 nitrogen and oxygen atoms in total. The van der Waals surface area contributed by atoms with Crippen molar-refractivity contribution in [2.24, 2.45) is 0 Å². The Kier molecular flexibility index (Phi) is 3.74. The molecule has 0 aliphatic rings. The molecule has 4 heteroatoms. The van der Waals surface area contributed by atoms with E-state index in [9.17, 15) is 4.79 Å². The van der Waals surface area contributed by atoms with E-state index in [0.717, 1.165) is 16.8 Å². The molecule has 82 valence electrons. The van der Waals surface area contributed by atoms with Gasteiger partial charge < -0.3 is 0 Å². The average molecular weight is 249 g/mol. The topological polar surface area (TPSA) is 30.0 Å². The summed E-state index contributed by atoms with van der Waals surface area (Å²) in [4.78, 5) is 15.0. The first-order valence-corrected chi connectivity index (χ1v) is 6.75. The number of thioether (sulfide) groups is 1. The molecule has 0 aliphatic carbocycles. The average Bonchev–Trinajstić information content (AvgIpc) is 2.71. The van der Waals surface area contributed by atoms with Crippen LogP contribution in [-0.4, -0.2) is 15.9 Å². The zero-order chi connectivity index (χ0) is 11.4. The van der Waals surface area contributed by atoms with Crippen molar-refractivity contribution in [1.29, 1.82) is 0 Å². The van der Waals surface area contributed by atoms with Crippen molar-refractivity contribution < 1.29 is 4.79 Å². The van der Waals surface area contributed by atoms with Crippen LogP contribution in [-0.2, 0) is 4.79 Å². The van der Waals surface area contributed by atoms with Gasteiger partial charge in [-0.05, 0) is 17.7 Å². The lowest BCUT2D eigenvalue weighted by atomic mass is 10.2. The van der Waals surface area contributed by atoms with Crippen LogP contribution in [0.4, 0.5) is 0 Å². The molecule has 1 heterocycles. The number of hydrogen-bond acceptors (Lipinski definition) is 4. The largest absolute Gasteiger partial charge is 0.288 e. The minimum Gasteiger partial charge on any atom is -0.288 e. The van der Waals surface area contributed by atoms with E-state index in [4.69, 9.17) is 0 Å². The highest BCUT2D eigenvalue weighted by Gasteiger charge is 1.96. The molecular formula is C12H11NOS2. The van der Waals surface area contributed by atoms with Crippen LogP contribution in [0.2, 0.25) is 0 Å².